The van der Waals surface area contributed by atoms with E-state index in [1.54, 1.807) is 35.7 Å². The molecule has 3 aromatic rings. The number of hydrogen-bond acceptors (Lipinski definition) is 7. The third-order valence-corrected chi connectivity index (χ3v) is 5.36. The van der Waals surface area contributed by atoms with Gasteiger partial charge in [-0.3, -0.25) is 19.3 Å². The van der Waals surface area contributed by atoms with E-state index in [1.165, 1.54) is 11.3 Å². The Balaban J connectivity index is 1.28. The number of imide groups is 1. The highest BCUT2D eigenvalue weighted by molar-refractivity contribution is 7.14. The average molecular weight is 407 g/mol. The van der Waals surface area contributed by atoms with E-state index < -0.39 is 17.7 Å². The minimum absolute atomic E-state index is 0.189. The van der Waals surface area contributed by atoms with E-state index in [1.807, 2.05) is 12.1 Å². The van der Waals surface area contributed by atoms with Gasteiger partial charge in [-0.25, -0.2) is 4.98 Å². The lowest BCUT2D eigenvalue weighted by Gasteiger charge is -2.12. The van der Waals surface area contributed by atoms with Crippen LogP contribution in [0.5, 0.6) is 11.5 Å². The molecule has 1 aromatic heterocycles. The molecule has 0 radical (unpaired) electrons. The van der Waals surface area contributed by atoms with Gasteiger partial charge in [-0.2, -0.15) is 0 Å². The summed E-state index contributed by atoms with van der Waals surface area (Å²) in [6.45, 7) is -0.180. The van der Waals surface area contributed by atoms with Crippen molar-refractivity contribution in [3.8, 4) is 22.8 Å². The van der Waals surface area contributed by atoms with Crippen LogP contribution in [0.3, 0.4) is 0 Å². The molecule has 29 heavy (non-hydrogen) atoms. The number of amides is 3. The number of anilines is 1. The van der Waals surface area contributed by atoms with Crippen molar-refractivity contribution in [1.82, 2.24) is 9.88 Å². The first kappa shape index (κ1) is 17.4. The van der Waals surface area contributed by atoms with Crippen molar-refractivity contribution in [2.45, 2.75) is 0 Å². The van der Waals surface area contributed by atoms with Gasteiger partial charge in [0.2, 0.25) is 12.7 Å². The zero-order valence-electron chi connectivity index (χ0n) is 14.9. The van der Waals surface area contributed by atoms with E-state index in [0.717, 1.165) is 10.5 Å². The molecule has 0 saturated heterocycles. The SMILES string of the molecule is O=C(CN1C(=O)c2ccccc2C1=O)Nc1nc(-c2ccc3c(c2)OCO3)cs1. The van der Waals surface area contributed by atoms with Crippen LogP contribution < -0.4 is 14.8 Å². The first-order valence-corrected chi connectivity index (χ1v) is 9.59. The molecule has 2 aromatic carbocycles. The van der Waals surface area contributed by atoms with Crippen LogP contribution in [0.25, 0.3) is 11.3 Å². The normalized spacial score (nSPS) is 14.3. The van der Waals surface area contributed by atoms with Crippen LogP contribution in [0.1, 0.15) is 20.7 Å². The van der Waals surface area contributed by atoms with Gasteiger partial charge in [-0.15, -0.1) is 11.3 Å². The van der Waals surface area contributed by atoms with E-state index in [0.29, 0.717) is 33.5 Å². The minimum Gasteiger partial charge on any atom is -0.454 e. The molecule has 0 unspecified atom stereocenters. The van der Waals surface area contributed by atoms with Crippen LogP contribution in [-0.4, -0.2) is 40.9 Å². The second kappa shape index (κ2) is 6.71. The molecule has 0 atom stereocenters. The summed E-state index contributed by atoms with van der Waals surface area (Å²) in [6.07, 6.45) is 0. The van der Waals surface area contributed by atoms with Gasteiger partial charge in [-0.1, -0.05) is 12.1 Å². The lowest BCUT2D eigenvalue weighted by atomic mass is 10.1. The molecule has 2 aliphatic rings. The summed E-state index contributed by atoms with van der Waals surface area (Å²) >= 11 is 1.25. The minimum atomic E-state index is -0.494. The zero-order chi connectivity index (χ0) is 20.0. The number of benzene rings is 2. The predicted molar refractivity (Wildman–Crippen MR) is 104 cm³/mol. The highest BCUT2D eigenvalue weighted by atomic mass is 32.1. The Morgan fingerprint density at radius 3 is 2.55 bits per heavy atom. The molecule has 3 heterocycles. The van der Waals surface area contributed by atoms with Crippen LogP contribution in [0.2, 0.25) is 0 Å². The van der Waals surface area contributed by atoms with Crippen LogP contribution in [-0.2, 0) is 4.79 Å². The number of carbonyl (C=O) groups is 3. The van der Waals surface area contributed by atoms with Crippen molar-refractivity contribution in [2.24, 2.45) is 0 Å². The molecule has 3 amide bonds. The molecule has 1 N–H and O–H groups in total. The van der Waals surface area contributed by atoms with E-state index in [9.17, 15) is 14.4 Å². The summed E-state index contributed by atoms with van der Waals surface area (Å²) in [7, 11) is 0. The standard InChI is InChI=1S/C20H13N3O5S/c24-17(8-23-18(25)12-3-1-2-4-13(12)19(23)26)22-20-21-14(9-29-20)11-5-6-15-16(7-11)28-10-27-15/h1-7,9H,8,10H2,(H,21,22,24). The summed E-state index contributed by atoms with van der Waals surface area (Å²) in [4.78, 5) is 42.5. The topological polar surface area (TPSA) is 97.8 Å². The van der Waals surface area contributed by atoms with Gasteiger partial charge in [0, 0.05) is 10.9 Å². The van der Waals surface area contributed by atoms with E-state index >= 15 is 0 Å². The molecule has 8 nitrogen and oxygen atoms in total. The fourth-order valence-electron chi connectivity index (χ4n) is 3.20. The van der Waals surface area contributed by atoms with Gasteiger partial charge in [0.15, 0.2) is 16.6 Å². The maximum atomic E-state index is 12.4. The molecule has 0 saturated carbocycles. The second-order valence-electron chi connectivity index (χ2n) is 6.40. The van der Waals surface area contributed by atoms with Gasteiger partial charge < -0.3 is 14.8 Å². The summed E-state index contributed by atoms with van der Waals surface area (Å²) < 4.78 is 10.7. The van der Waals surface area contributed by atoms with Crippen molar-refractivity contribution in [2.75, 3.05) is 18.7 Å². The molecule has 9 heteroatoms. The largest absolute Gasteiger partial charge is 0.454 e. The Bertz CT molecular complexity index is 1140. The van der Waals surface area contributed by atoms with Gasteiger partial charge in [0.05, 0.1) is 16.8 Å². The Kier molecular flexibility index (Phi) is 4.02. The number of fused-ring (bicyclic) bond motifs is 2. The van der Waals surface area contributed by atoms with E-state index in [2.05, 4.69) is 10.3 Å². The van der Waals surface area contributed by atoms with Crippen LogP contribution in [0, 0.1) is 0 Å². The van der Waals surface area contributed by atoms with Crippen LogP contribution in [0.4, 0.5) is 5.13 Å². The molecule has 0 bridgehead atoms. The molecule has 5 rings (SSSR count). The molecular formula is C20H13N3O5S. The summed E-state index contributed by atoms with van der Waals surface area (Å²) in [6, 6.07) is 12.0. The number of hydrogen-bond donors (Lipinski definition) is 1. The fraction of sp³-hybridized carbons (Fsp3) is 0.100. The number of nitrogens with zero attached hydrogens (tertiary/aromatic N) is 2. The third-order valence-electron chi connectivity index (χ3n) is 4.60. The van der Waals surface area contributed by atoms with Crippen molar-refractivity contribution in [3.05, 3.63) is 59.0 Å². The highest BCUT2D eigenvalue weighted by Crippen LogP contribution is 2.36. The maximum Gasteiger partial charge on any atom is 0.262 e. The Hall–Kier alpha value is -3.72. The molecule has 0 spiro atoms. The Labute approximate surface area is 168 Å². The summed E-state index contributed by atoms with van der Waals surface area (Å²) in [5.41, 5.74) is 2.12. The Morgan fingerprint density at radius 1 is 1.07 bits per heavy atom. The lowest BCUT2D eigenvalue weighted by Crippen LogP contribution is -2.37. The van der Waals surface area contributed by atoms with Crippen LogP contribution >= 0.6 is 11.3 Å². The maximum absolute atomic E-state index is 12.4. The monoisotopic (exact) mass is 407 g/mol. The van der Waals surface area contributed by atoms with Gasteiger partial charge in [0.1, 0.15) is 6.54 Å². The summed E-state index contributed by atoms with van der Waals surface area (Å²) in [5, 5.41) is 4.82. The predicted octanol–water partition coefficient (Wildman–Crippen LogP) is 2.77. The number of rotatable bonds is 4. The quantitative estimate of drug-likeness (QED) is 0.668. The number of nitrogens with one attached hydrogen (secondary N) is 1. The van der Waals surface area contributed by atoms with Gasteiger partial charge in [0.25, 0.3) is 11.8 Å². The van der Waals surface area contributed by atoms with Gasteiger partial charge in [-0.05, 0) is 30.3 Å². The number of thiazole rings is 1. The number of carbonyl (C=O) groups excluding carboxylic acids is 3. The first-order valence-electron chi connectivity index (χ1n) is 8.71. The highest BCUT2D eigenvalue weighted by Gasteiger charge is 2.36. The zero-order valence-corrected chi connectivity index (χ0v) is 15.7. The van der Waals surface area contributed by atoms with E-state index in [4.69, 9.17) is 9.47 Å². The van der Waals surface area contributed by atoms with Crippen molar-refractivity contribution < 1.29 is 23.9 Å². The third kappa shape index (κ3) is 3.01. The number of aromatic nitrogens is 1. The molecule has 0 aliphatic carbocycles. The van der Waals surface area contributed by atoms with Crippen molar-refractivity contribution in [1.29, 1.82) is 0 Å². The second-order valence-corrected chi connectivity index (χ2v) is 7.25. The lowest BCUT2D eigenvalue weighted by molar-refractivity contribution is -0.116. The molecular weight excluding hydrogens is 394 g/mol. The van der Waals surface area contributed by atoms with E-state index in [-0.39, 0.29) is 13.3 Å². The fourth-order valence-corrected chi connectivity index (χ4v) is 3.94. The molecule has 2 aliphatic heterocycles. The van der Waals surface area contributed by atoms with Gasteiger partial charge >= 0.3 is 0 Å². The van der Waals surface area contributed by atoms with Crippen LogP contribution in [0.15, 0.2) is 47.8 Å². The Morgan fingerprint density at radius 2 is 1.79 bits per heavy atom. The smallest absolute Gasteiger partial charge is 0.262 e. The molecule has 0 fully saturated rings. The van der Waals surface area contributed by atoms with Crippen molar-refractivity contribution in [3.63, 3.8) is 0 Å². The summed E-state index contributed by atoms with van der Waals surface area (Å²) in [5.74, 6) is -0.113. The molecule has 144 valence electrons. The average Bonchev–Trinajstić information content (AvgIpc) is 3.44. The number of ether oxygens (including phenoxy) is 2. The van der Waals surface area contributed by atoms with Crippen molar-refractivity contribution >= 4 is 34.2 Å². The first-order chi connectivity index (χ1) is 14.1.